The van der Waals surface area contributed by atoms with Gasteiger partial charge in [0, 0.05) is 6.20 Å². The van der Waals surface area contributed by atoms with E-state index in [9.17, 15) is 18.0 Å². The van der Waals surface area contributed by atoms with E-state index >= 15 is 0 Å². The van der Waals surface area contributed by atoms with Crippen LogP contribution >= 0.6 is 0 Å². The highest BCUT2D eigenvalue weighted by atomic mass is 19.4. The highest BCUT2D eigenvalue weighted by Gasteiger charge is 2.38. The van der Waals surface area contributed by atoms with Gasteiger partial charge in [-0.05, 0) is 12.1 Å². The molecule has 0 saturated heterocycles. The number of carbonyl (C=O) groups excluding carboxylic acids is 1. The number of carbonyl (C=O) groups is 1. The van der Waals surface area contributed by atoms with Gasteiger partial charge in [0.2, 0.25) is 0 Å². The Bertz CT molecular complexity index is 533. The second kappa shape index (κ2) is 4.00. The van der Waals surface area contributed by atoms with Crippen molar-refractivity contribution in [2.75, 3.05) is 0 Å². The summed E-state index contributed by atoms with van der Waals surface area (Å²) >= 11 is 0. The van der Waals surface area contributed by atoms with Crippen molar-refractivity contribution in [3.8, 4) is 5.82 Å². The Morgan fingerprint density at radius 3 is 2.59 bits per heavy atom. The minimum atomic E-state index is -4.66. The van der Waals surface area contributed by atoms with Crippen LogP contribution in [-0.2, 0) is 6.18 Å². The summed E-state index contributed by atoms with van der Waals surface area (Å²) in [7, 11) is 0. The summed E-state index contributed by atoms with van der Waals surface area (Å²) in [6.07, 6.45) is -2.33. The van der Waals surface area contributed by atoms with E-state index in [1.165, 1.54) is 18.3 Å². The van der Waals surface area contributed by atoms with Crippen molar-refractivity contribution in [3.05, 3.63) is 41.9 Å². The molecular weight excluding hydrogens is 235 g/mol. The minimum Gasteiger partial charge on any atom is -0.298 e. The van der Waals surface area contributed by atoms with Crippen LogP contribution in [0.25, 0.3) is 5.82 Å². The molecule has 0 saturated carbocycles. The van der Waals surface area contributed by atoms with Crippen LogP contribution in [-0.4, -0.2) is 21.1 Å². The zero-order chi connectivity index (χ0) is 12.5. The molecule has 4 nitrogen and oxygen atoms in total. The maximum Gasteiger partial charge on any atom is 0.434 e. The monoisotopic (exact) mass is 241 g/mol. The third-order valence-electron chi connectivity index (χ3n) is 2.06. The normalized spacial score (nSPS) is 11.5. The lowest BCUT2D eigenvalue weighted by molar-refractivity contribution is -0.143. The van der Waals surface area contributed by atoms with Crippen molar-refractivity contribution in [2.45, 2.75) is 6.18 Å². The molecule has 2 heterocycles. The summed E-state index contributed by atoms with van der Waals surface area (Å²) in [4.78, 5) is 14.3. The number of alkyl halides is 3. The van der Waals surface area contributed by atoms with E-state index in [1.807, 2.05) is 0 Å². The summed E-state index contributed by atoms with van der Waals surface area (Å²) in [5.74, 6) is 0.00734. The lowest BCUT2D eigenvalue weighted by Crippen LogP contribution is -2.16. The fraction of sp³-hybridized carbons (Fsp3) is 0.100. The van der Waals surface area contributed by atoms with Crippen molar-refractivity contribution in [2.24, 2.45) is 0 Å². The Kier molecular flexibility index (Phi) is 2.66. The van der Waals surface area contributed by atoms with E-state index in [0.717, 1.165) is 6.20 Å². The van der Waals surface area contributed by atoms with Gasteiger partial charge in [0.25, 0.3) is 0 Å². The van der Waals surface area contributed by atoms with Crippen LogP contribution in [0.1, 0.15) is 16.1 Å². The zero-order valence-electron chi connectivity index (χ0n) is 8.35. The molecule has 2 rings (SSSR count). The number of nitrogens with zero attached hydrogens (tertiary/aromatic N) is 3. The Balaban J connectivity index is 2.64. The van der Waals surface area contributed by atoms with Gasteiger partial charge in [-0.25, -0.2) is 9.67 Å². The number of pyridine rings is 1. The van der Waals surface area contributed by atoms with Crippen LogP contribution in [0.3, 0.4) is 0 Å². The first-order chi connectivity index (χ1) is 8.04. The van der Waals surface area contributed by atoms with Crippen molar-refractivity contribution in [1.29, 1.82) is 0 Å². The lowest BCUT2D eigenvalue weighted by atomic mass is 10.2. The summed E-state index contributed by atoms with van der Waals surface area (Å²) in [5.41, 5.74) is -1.63. The number of hydrogen-bond acceptors (Lipinski definition) is 3. The topological polar surface area (TPSA) is 47.8 Å². The van der Waals surface area contributed by atoms with Crippen LogP contribution in [0.15, 0.2) is 30.6 Å². The van der Waals surface area contributed by atoms with E-state index in [0.29, 0.717) is 4.68 Å². The molecule has 0 atom stereocenters. The second-order valence-corrected chi connectivity index (χ2v) is 3.16. The fourth-order valence-corrected chi connectivity index (χ4v) is 1.38. The quantitative estimate of drug-likeness (QED) is 0.756. The summed E-state index contributed by atoms with van der Waals surface area (Å²) in [6, 6.07) is 4.47. The van der Waals surface area contributed by atoms with Crippen molar-refractivity contribution < 1.29 is 18.0 Å². The molecule has 7 heteroatoms. The Hall–Kier alpha value is -2.18. The SMILES string of the molecule is O=Cc1cnn(-c2ccccn2)c1C(F)(F)F. The molecular formula is C10H6F3N3O. The molecule has 0 aliphatic carbocycles. The average Bonchev–Trinajstić information content (AvgIpc) is 2.73. The molecule has 0 unspecified atom stereocenters. The van der Waals surface area contributed by atoms with Gasteiger partial charge in [-0.3, -0.25) is 4.79 Å². The Morgan fingerprint density at radius 2 is 2.06 bits per heavy atom. The smallest absolute Gasteiger partial charge is 0.298 e. The van der Waals surface area contributed by atoms with Crippen LogP contribution in [0.2, 0.25) is 0 Å². The second-order valence-electron chi connectivity index (χ2n) is 3.16. The number of rotatable bonds is 2. The number of aromatic nitrogens is 3. The third kappa shape index (κ3) is 2.03. The maximum absolute atomic E-state index is 12.8. The van der Waals surface area contributed by atoms with E-state index in [1.54, 1.807) is 6.07 Å². The number of hydrogen-bond donors (Lipinski definition) is 0. The van der Waals surface area contributed by atoms with Crippen molar-refractivity contribution in [1.82, 2.24) is 14.8 Å². The molecule has 88 valence electrons. The van der Waals surface area contributed by atoms with Crippen LogP contribution < -0.4 is 0 Å². The summed E-state index contributed by atoms with van der Waals surface area (Å²) < 4.78 is 38.9. The van der Waals surface area contributed by atoms with E-state index in [4.69, 9.17) is 0 Å². The number of halogens is 3. The molecule has 0 bridgehead atoms. The number of aldehydes is 1. The van der Waals surface area contributed by atoms with Crippen LogP contribution in [0.4, 0.5) is 13.2 Å². The third-order valence-corrected chi connectivity index (χ3v) is 2.06. The van der Waals surface area contributed by atoms with Gasteiger partial charge in [0.05, 0.1) is 11.8 Å². The largest absolute Gasteiger partial charge is 0.434 e. The van der Waals surface area contributed by atoms with Crippen LogP contribution in [0, 0.1) is 0 Å². The van der Waals surface area contributed by atoms with Crippen molar-refractivity contribution in [3.63, 3.8) is 0 Å². The van der Waals surface area contributed by atoms with Crippen LogP contribution in [0.5, 0.6) is 0 Å². The molecule has 0 fully saturated rings. The zero-order valence-corrected chi connectivity index (χ0v) is 8.35. The molecule has 0 amide bonds. The molecule has 0 aliphatic heterocycles. The molecule has 0 radical (unpaired) electrons. The fourth-order valence-electron chi connectivity index (χ4n) is 1.38. The molecule has 17 heavy (non-hydrogen) atoms. The first-order valence-corrected chi connectivity index (χ1v) is 4.56. The van der Waals surface area contributed by atoms with E-state index < -0.39 is 17.4 Å². The van der Waals surface area contributed by atoms with Gasteiger partial charge in [-0.2, -0.15) is 18.3 Å². The highest BCUT2D eigenvalue weighted by molar-refractivity contribution is 5.76. The molecule has 0 spiro atoms. The first kappa shape index (κ1) is 11.3. The molecule has 2 aromatic heterocycles. The van der Waals surface area contributed by atoms with Gasteiger partial charge in [0.1, 0.15) is 0 Å². The van der Waals surface area contributed by atoms with Gasteiger partial charge in [-0.15, -0.1) is 0 Å². The van der Waals surface area contributed by atoms with Crippen molar-refractivity contribution >= 4 is 6.29 Å². The molecule has 0 aromatic carbocycles. The standard InChI is InChI=1S/C10H6F3N3O/c11-10(12,13)9-7(6-17)5-15-16(9)8-3-1-2-4-14-8/h1-6H. The van der Waals surface area contributed by atoms with Gasteiger partial charge in [-0.1, -0.05) is 6.07 Å². The predicted octanol–water partition coefficient (Wildman–Crippen LogP) is 2.10. The minimum absolute atomic E-state index is 0.00734. The summed E-state index contributed by atoms with van der Waals surface area (Å²) in [5, 5.41) is 3.53. The van der Waals surface area contributed by atoms with E-state index in [2.05, 4.69) is 10.1 Å². The Labute approximate surface area is 93.7 Å². The highest BCUT2D eigenvalue weighted by Crippen LogP contribution is 2.32. The predicted molar refractivity (Wildman–Crippen MR) is 51.7 cm³/mol. The average molecular weight is 241 g/mol. The molecule has 0 N–H and O–H groups in total. The first-order valence-electron chi connectivity index (χ1n) is 4.56. The maximum atomic E-state index is 12.8. The molecule has 0 aliphatic rings. The van der Waals surface area contributed by atoms with E-state index in [-0.39, 0.29) is 12.1 Å². The lowest BCUT2D eigenvalue weighted by Gasteiger charge is -2.09. The van der Waals surface area contributed by atoms with Gasteiger partial charge >= 0.3 is 6.18 Å². The van der Waals surface area contributed by atoms with Gasteiger partial charge in [0.15, 0.2) is 17.8 Å². The summed E-state index contributed by atoms with van der Waals surface area (Å²) in [6.45, 7) is 0. The molecule has 2 aromatic rings. The van der Waals surface area contributed by atoms with Gasteiger partial charge < -0.3 is 0 Å². The Morgan fingerprint density at radius 1 is 1.29 bits per heavy atom.